The van der Waals surface area contributed by atoms with Crippen LogP contribution in [0.2, 0.25) is 0 Å². The number of rotatable bonds is 10. The highest BCUT2D eigenvalue weighted by Crippen LogP contribution is 2.20. The van der Waals surface area contributed by atoms with Crippen LogP contribution >= 0.6 is 11.3 Å². The average molecular weight is 434 g/mol. The lowest BCUT2D eigenvalue weighted by molar-refractivity contribution is 0.0946. The van der Waals surface area contributed by atoms with Crippen LogP contribution in [0.5, 0.6) is 0 Å². The second-order valence-corrected chi connectivity index (χ2v) is 8.24. The van der Waals surface area contributed by atoms with Gasteiger partial charge in [-0.1, -0.05) is 18.2 Å². The number of hydrogen-bond donors (Lipinski definition) is 2. The quantitative estimate of drug-likeness (QED) is 0.602. The summed E-state index contributed by atoms with van der Waals surface area (Å²) >= 11 is 1.36. The number of para-hydroxylation sites is 1. The van der Waals surface area contributed by atoms with Gasteiger partial charge in [-0.15, -0.1) is 11.3 Å². The number of carbonyl (C=O) groups is 2. The summed E-state index contributed by atoms with van der Waals surface area (Å²) < 4.78 is 5.16. The van der Waals surface area contributed by atoms with E-state index in [1.165, 1.54) is 11.3 Å². The molecule has 8 nitrogen and oxygen atoms in total. The highest BCUT2D eigenvalue weighted by atomic mass is 32.1. The van der Waals surface area contributed by atoms with Gasteiger partial charge in [0.2, 0.25) is 0 Å². The molecule has 0 saturated heterocycles. The lowest BCUT2D eigenvalue weighted by Crippen LogP contribution is -2.37. The molecule has 3 amide bonds. The van der Waals surface area contributed by atoms with Crippen molar-refractivity contribution in [3.05, 3.63) is 45.4 Å². The summed E-state index contributed by atoms with van der Waals surface area (Å²) in [6, 6.07) is 5.66. The lowest BCUT2D eigenvalue weighted by atomic mass is 10.1. The molecule has 0 atom stereocenters. The van der Waals surface area contributed by atoms with Crippen molar-refractivity contribution >= 4 is 29.0 Å². The largest absolute Gasteiger partial charge is 0.383 e. The first-order chi connectivity index (χ1) is 14.3. The van der Waals surface area contributed by atoms with Gasteiger partial charge in [-0.3, -0.25) is 4.79 Å². The number of nitrogens with one attached hydrogen (secondary N) is 2. The van der Waals surface area contributed by atoms with E-state index in [0.29, 0.717) is 36.9 Å². The normalized spacial score (nSPS) is 10.9. The molecule has 0 aliphatic rings. The zero-order valence-corrected chi connectivity index (χ0v) is 19.1. The molecule has 2 N–H and O–H groups in total. The van der Waals surface area contributed by atoms with Gasteiger partial charge in [-0.05, 0) is 39.1 Å². The van der Waals surface area contributed by atoms with Crippen LogP contribution in [-0.4, -0.2) is 74.2 Å². The first-order valence-electron chi connectivity index (χ1n) is 9.80. The van der Waals surface area contributed by atoms with E-state index in [0.717, 1.165) is 23.4 Å². The van der Waals surface area contributed by atoms with Crippen molar-refractivity contribution in [2.45, 2.75) is 20.4 Å². The van der Waals surface area contributed by atoms with Gasteiger partial charge in [0, 0.05) is 37.8 Å². The number of amides is 3. The van der Waals surface area contributed by atoms with Gasteiger partial charge < -0.3 is 25.2 Å². The third-order valence-corrected chi connectivity index (χ3v) is 5.35. The minimum Gasteiger partial charge on any atom is -0.383 e. The van der Waals surface area contributed by atoms with Gasteiger partial charge in [0.25, 0.3) is 5.91 Å². The smallest absolute Gasteiger partial charge is 0.322 e. The number of urea groups is 1. The van der Waals surface area contributed by atoms with Gasteiger partial charge in [-0.25, -0.2) is 9.78 Å². The van der Waals surface area contributed by atoms with Crippen LogP contribution in [0.1, 0.15) is 26.6 Å². The van der Waals surface area contributed by atoms with Crippen LogP contribution in [0.25, 0.3) is 0 Å². The lowest BCUT2D eigenvalue weighted by Gasteiger charge is -2.23. The predicted molar refractivity (Wildman–Crippen MR) is 120 cm³/mol. The maximum atomic E-state index is 12.9. The monoisotopic (exact) mass is 433 g/mol. The third-order valence-electron chi connectivity index (χ3n) is 4.52. The standard InChI is InChI=1S/C21H31N5O3S/c1-15-7-6-8-16(2)19(15)24-21(28)26(11-12-29-5)13-18-23-17(14-30-18)20(27)22-9-10-25(3)4/h6-8,14H,9-13H2,1-5H3,(H,22,27)(H,24,28). The number of aryl methyl sites for hydroxylation is 2. The number of benzene rings is 1. The van der Waals surface area contributed by atoms with Gasteiger partial charge in [0.15, 0.2) is 0 Å². The summed E-state index contributed by atoms with van der Waals surface area (Å²) in [7, 11) is 5.50. The zero-order valence-electron chi connectivity index (χ0n) is 18.3. The molecular weight excluding hydrogens is 402 g/mol. The molecule has 0 radical (unpaired) electrons. The maximum absolute atomic E-state index is 12.9. The Balaban J connectivity index is 2.05. The first kappa shape index (κ1) is 23.8. The van der Waals surface area contributed by atoms with E-state index >= 15 is 0 Å². The SMILES string of the molecule is COCCN(Cc1nc(C(=O)NCCN(C)C)cs1)C(=O)Nc1c(C)cccc1C. The average Bonchev–Trinajstić information content (AvgIpc) is 3.16. The van der Waals surface area contributed by atoms with Crippen LogP contribution in [-0.2, 0) is 11.3 Å². The summed E-state index contributed by atoms with van der Waals surface area (Å²) in [5, 5.41) is 8.27. The van der Waals surface area contributed by atoms with E-state index in [1.807, 2.05) is 51.0 Å². The highest BCUT2D eigenvalue weighted by Gasteiger charge is 2.19. The summed E-state index contributed by atoms with van der Waals surface area (Å²) in [6.45, 7) is 6.35. The van der Waals surface area contributed by atoms with Crippen molar-refractivity contribution in [1.29, 1.82) is 0 Å². The summed E-state index contributed by atoms with van der Waals surface area (Å²) in [4.78, 5) is 33.2. The molecule has 1 aromatic heterocycles. The molecule has 0 unspecified atom stereocenters. The molecule has 2 rings (SSSR count). The number of aromatic nitrogens is 1. The molecule has 0 saturated carbocycles. The molecule has 1 aromatic carbocycles. The van der Waals surface area contributed by atoms with E-state index in [9.17, 15) is 9.59 Å². The molecule has 30 heavy (non-hydrogen) atoms. The number of ether oxygens (including phenoxy) is 1. The molecule has 9 heteroatoms. The van der Waals surface area contributed by atoms with Crippen LogP contribution < -0.4 is 10.6 Å². The molecule has 1 heterocycles. The summed E-state index contributed by atoms with van der Waals surface area (Å²) in [6.07, 6.45) is 0. The number of carbonyl (C=O) groups excluding carboxylic acids is 2. The van der Waals surface area contributed by atoms with Crippen LogP contribution in [0.3, 0.4) is 0 Å². The molecule has 0 fully saturated rings. The Kier molecular flexibility index (Phi) is 9.22. The molecule has 2 aromatic rings. The number of methoxy groups -OCH3 is 1. The van der Waals surface area contributed by atoms with Crippen LogP contribution in [0.15, 0.2) is 23.6 Å². The molecule has 0 aliphatic heterocycles. The maximum Gasteiger partial charge on any atom is 0.322 e. The van der Waals surface area contributed by atoms with E-state index in [1.54, 1.807) is 17.4 Å². The fraction of sp³-hybridized carbons (Fsp3) is 0.476. The molecule has 164 valence electrons. The number of likely N-dealkylation sites (N-methyl/N-ethyl adjacent to an activating group) is 1. The van der Waals surface area contributed by atoms with Gasteiger partial charge in [-0.2, -0.15) is 0 Å². The molecule has 0 spiro atoms. The Morgan fingerprint density at radius 3 is 2.50 bits per heavy atom. The highest BCUT2D eigenvalue weighted by molar-refractivity contribution is 7.09. The topological polar surface area (TPSA) is 86.8 Å². The first-order valence-corrected chi connectivity index (χ1v) is 10.7. The van der Waals surface area contributed by atoms with Gasteiger partial charge >= 0.3 is 6.03 Å². The molecular formula is C21H31N5O3S. The fourth-order valence-corrected chi connectivity index (χ4v) is 3.58. The van der Waals surface area contributed by atoms with E-state index < -0.39 is 0 Å². The number of hydrogen-bond acceptors (Lipinski definition) is 6. The van der Waals surface area contributed by atoms with Crippen molar-refractivity contribution in [3.8, 4) is 0 Å². The van der Waals surface area contributed by atoms with Crippen LogP contribution in [0, 0.1) is 13.8 Å². The minimum absolute atomic E-state index is 0.206. The fourth-order valence-electron chi connectivity index (χ4n) is 2.79. The number of thiazole rings is 1. The van der Waals surface area contributed by atoms with Crippen molar-refractivity contribution in [2.75, 3.05) is 52.8 Å². The minimum atomic E-state index is -0.225. The zero-order chi connectivity index (χ0) is 22.1. The Morgan fingerprint density at radius 2 is 1.87 bits per heavy atom. The predicted octanol–water partition coefficient (Wildman–Crippen LogP) is 2.73. The molecule has 0 aliphatic carbocycles. The van der Waals surface area contributed by atoms with Gasteiger partial charge in [0.1, 0.15) is 10.7 Å². The summed E-state index contributed by atoms with van der Waals surface area (Å²) in [5.41, 5.74) is 3.18. The van der Waals surface area contributed by atoms with Crippen molar-refractivity contribution < 1.29 is 14.3 Å². The Bertz CT molecular complexity index is 833. The number of anilines is 1. The Morgan fingerprint density at radius 1 is 1.17 bits per heavy atom. The Hall–Kier alpha value is -2.49. The second kappa shape index (κ2) is 11.6. The number of nitrogens with zero attached hydrogens (tertiary/aromatic N) is 3. The second-order valence-electron chi connectivity index (χ2n) is 7.30. The van der Waals surface area contributed by atoms with Crippen molar-refractivity contribution in [1.82, 2.24) is 20.1 Å². The van der Waals surface area contributed by atoms with Gasteiger partial charge in [0.05, 0.1) is 13.2 Å². The van der Waals surface area contributed by atoms with E-state index in [2.05, 4.69) is 15.6 Å². The van der Waals surface area contributed by atoms with E-state index in [-0.39, 0.29) is 11.9 Å². The summed E-state index contributed by atoms with van der Waals surface area (Å²) in [5.74, 6) is -0.206. The third kappa shape index (κ3) is 7.08. The van der Waals surface area contributed by atoms with Crippen LogP contribution in [0.4, 0.5) is 10.5 Å². The molecule has 0 bridgehead atoms. The Labute approximate surface area is 182 Å². The van der Waals surface area contributed by atoms with E-state index in [4.69, 9.17) is 4.74 Å². The van der Waals surface area contributed by atoms with Crippen molar-refractivity contribution in [2.24, 2.45) is 0 Å². The van der Waals surface area contributed by atoms with Crippen molar-refractivity contribution in [3.63, 3.8) is 0 Å².